The maximum atomic E-state index is 7.62. The Labute approximate surface area is 73.2 Å². The van der Waals surface area contributed by atoms with E-state index in [1.807, 2.05) is 18.3 Å². The van der Waals surface area contributed by atoms with Gasteiger partial charge in [-0.15, -0.1) is 0 Å². The molecule has 0 saturated carbocycles. The SMILES string of the molecule is [3H]c1cccc2c(C(C)C)cnn12. The minimum absolute atomic E-state index is 0.435. The Morgan fingerprint density at radius 1 is 1.50 bits per heavy atom. The Kier molecular flexibility index (Phi) is 1.36. The second-order valence-electron chi connectivity index (χ2n) is 3.21. The number of aromatic nitrogens is 2. The van der Waals surface area contributed by atoms with Gasteiger partial charge in [-0.05, 0) is 18.1 Å². The Hall–Kier alpha value is -1.31. The van der Waals surface area contributed by atoms with Crippen LogP contribution in [0.2, 0.25) is 0 Å². The molecule has 0 N–H and O–H groups in total. The van der Waals surface area contributed by atoms with Gasteiger partial charge < -0.3 is 0 Å². The van der Waals surface area contributed by atoms with Gasteiger partial charge >= 0.3 is 0 Å². The zero-order chi connectivity index (χ0) is 9.42. The van der Waals surface area contributed by atoms with E-state index >= 15 is 0 Å². The smallest absolute Gasteiger partial charge is 0.0841 e. The quantitative estimate of drug-likeness (QED) is 0.629. The number of rotatable bonds is 1. The molecule has 0 aliphatic rings. The van der Waals surface area contributed by atoms with Crippen LogP contribution in [0.15, 0.2) is 30.6 Å². The lowest BCUT2D eigenvalue weighted by Crippen LogP contribution is -1.87. The van der Waals surface area contributed by atoms with Crippen LogP contribution in [0, 0.1) is 0 Å². The summed E-state index contributed by atoms with van der Waals surface area (Å²) in [6.45, 7) is 4.27. The molecule has 0 spiro atoms. The molecular weight excluding hydrogens is 148 g/mol. The van der Waals surface area contributed by atoms with E-state index < -0.39 is 0 Å². The molecular formula is C10H12N2. The first-order valence-corrected chi connectivity index (χ1v) is 4.13. The molecule has 2 heteroatoms. The molecule has 2 rings (SSSR count). The van der Waals surface area contributed by atoms with Crippen molar-refractivity contribution in [2.75, 3.05) is 0 Å². The number of fused-ring (bicyclic) bond motifs is 1. The molecule has 0 saturated heterocycles. The number of hydrogen-bond donors (Lipinski definition) is 0. The number of nitrogens with zero attached hydrogens (tertiary/aromatic N) is 2. The third kappa shape index (κ3) is 0.998. The summed E-state index contributed by atoms with van der Waals surface area (Å²) in [5.41, 5.74) is 2.25. The van der Waals surface area contributed by atoms with E-state index in [0.717, 1.165) is 5.52 Å². The molecule has 0 bridgehead atoms. The molecule has 0 fully saturated rings. The molecule has 0 radical (unpaired) electrons. The molecule has 12 heavy (non-hydrogen) atoms. The third-order valence-corrected chi connectivity index (χ3v) is 2.01. The average Bonchev–Trinajstić information content (AvgIpc) is 2.48. The van der Waals surface area contributed by atoms with Crippen LogP contribution in [-0.4, -0.2) is 9.61 Å². The number of pyridine rings is 1. The van der Waals surface area contributed by atoms with Gasteiger partial charge in [-0.3, -0.25) is 0 Å². The fourth-order valence-corrected chi connectivity index (χ4v) is 1.34. The highest BCUT2D eigenvalue weighted by atomic mass is 15.2. The van der Waals surface area contributed by atoms with E-state index in [9.17, 15) is 0 Å². The number of hydrogen-bond acceptors (Lipinski definition) is 1. The molecule has 0 amide bonds. The van der Waals surface area contributed by atoms with Crippen molar-refractivity contribution in [2.45, 2.75) is 19.8 Å². The molecule has 0 aromatic carbocycles. The zero-order valence-corrected chi connectivity index (χ0v) is 7.28. The first-order valence-electron chi connectivity index (χ1n) is 4.63. The van der Waals surface area contributed by atoms with Gasteiger partial charge in [0.05, 0.1) is 13.1 Å². The van der Waals surface area contributed by atoms with Crippen molar-refractivity contribution in [3.05, 3.63) is 36.1 Å². The predicted molar refractivity (Wildman–Crippen MR) is 49.3 cm³/mol. The molecule has 2 nitrogen and oxygen atoms in total. The van der Waals surface area contributed by atoms with Crippen molar-refractivity contribution in [1.82, 2.24) is 9.61 Å². The third-order valence-electron chi connectivity index (χ3n) is 2.01. The standard InChI is InChI=1S/C10H12N2/c1-8(2)9-7-11-12-6-4-3-5-10(9)12/h3-8H,1-2H3/i6T. The molecule has 2 heterocycles. The zero-order valence-electron chi connectivity index (χ0n) is 8.28. The molecule has 0 aliphatic heterocycles. The normalized spacial score (nSPS) is 12.4. The van der Waals surface area contributed by atoms with Crippen molar-refractivity contribution in [3.8, 4) is 0 Å². The van der Waals surface area contributed by atoms with Crippen molar-refractivity contribution in [3.63, 3.8) is 0 Å². The largest absolute Gasteiger partial charge is 0.241 e. The van der Waals surface area contributed by atoms with Gasteiger partial charge in [0.15, 0.2) is 0 Å². The lowest BCUT2D eigenvalue weighted by atomic mass is 10.1. The van der Waals surface area contributed by atoms with Crippen LogP contribution in [0.5, 0.6) is 0 Å². The minimum Gasteiger partial charge on any atom is -0.241 e. The molecule has 0 unspecified atom stereocenters. The van der Waals surface area contributed by atoms with E-state index in [2.05, 4.69) is 18.9 Å². The second-order valence-corrected chi connectivity index (χ2v) is 3.21. The lowest BCUT2D eigenvalue weighted by molar-refractivity contribution is 0.875. The average molecular weight is 162 g/mol. The summed E-state index contributed by atoms with van der Waals surface area (Å²) in [7, 11) is 0. The highest BCUT2D eigenvalue weighted by Crippen LogP contribution is 2.19. The summed E-state index contributed by atoms with van der Waals surface area (Å²) < 4.78 is 9.28. The molecule has 0 atom stereocenters. The van der Waals surface area contributed by atoms with Crippen LogP contribution in [-0.2, 0) is 0 Å². The highest BCUT2D eigenvalue weighted by molar-refractivity contribution is 5.54. The molecule has 2 aromatic rings. The summed E-state index contributed by atoms with van der Waals surface area (Å²) >= 11 is 0. The fraction of sp³-hybridized carbons (Fsp3) is 0.300. The Morgan fingerprint density at radius 3 is 3.08 bits per heavy atom. The maximum absolute atomic E-state index is 7.62. The van der Waals surface area contributed by atoms with Gasteiger partial charge in [-0.2, -0.15) is 5.10 Å². The van der Waals surface area contributed by atoms with Crippen molar-refractivity contribution in [1.29, 1.82) is 0 Å². The van der Waals surface area contributed by atoms with E-state index in [1.165, 1.54) is 5.56 Å². The van der Waals surface area contributed by atoms with Crippen LogP contribution in [0.4, 0.5) is 0 Å². The maximum Gasteiger partial charge on any atom is 0.0841 e. The van der Waals surface area contributed by atoms with Gasteiger partial charge in [-0.1, -0.05) is 19.9 Å². The van der Waals surface area contributed by atoms with E-state index in [4.69, 9.17) is 1.37 Å². The first-order chi connectivity index (χ1) is 6.20. The predicted octanol–water partition coefficient (Wildman–Crippen LogP) is 2.46. The molecule has 0 aliphatic carbocycles. The lowest BCUT2D eigenvalue weighted by Gasteiger charge is -2.00. The van der Waals surface area contributed by atoms with E-state index in [0.29, 0.717) is 12.1 Å². The van der Waals surface area contributed by atoms with E-state index in [-0.39, 0.29) is 0 Å². The minimum atomic E-state index is 0.435. The van der Waals surface area contributed by atoms with Crippen LogP contribution >= 0.6 is 0 Å². The van der Waals surface area contributed by atoms with Gasteiger partial charge in [-0.25, -0.2) is 4.52 Å². The van der Waals surface area contributed by atoms with Gasteiger partial charge in [0.2, 0.25) is 0 Å². The summed E-state index contributed by atoms with van der Waals surface area (Å²) in [6, 6.07) is 5.63. The van der Waals surface area contributed by atoms with Crippen molar-refractivity contribution >= 4 is 5.52 Å². The van der Waals surface area contributed by atoms with Crippen LogP contribution < -0.4 is 0 Å². The van der Waals surface area contributed by atoms with Gasteiger partial charge in [0.25, 0.3) is 0 Å². The Morgan fingerprint density at radius 2 is 2.33 bits per heavy atom. The van der Waals surface area contributed by atoms with E-state index in [1.54, 1.807) is 10.6 Å². The Balaban J connectivity index is 2.75. The summed E-state index contributed by atoms with van der Waals surface area (Å²) in [4.78, 5) is 0. The van der Waals surface area contributed by atoms with Crippen molar-refractivity contribution < 1.29 is 1.37 Å². The highest BCUT2D eigenvalue weighted by Gasteiger charge is 2.05. The summed E-state index contributed by atoms with van der Waals surface area (Å²) in [6.07, 6.45) is 2.28. The Bertz CT molecular complexity index is 431. The summed E-state index contributed by atoms with van der Waals surface area (Å²) in [5.74, 6) is 0.458. The van der Waals surface area contributed by atoms with Crippen molar-refractivity contribution in [2.24, 2.45) is 0 Å². The molecule has 62 valence electrons. The van der Waals surface area contributed by atoms with Gasteiger partial charge in [0.1, 0.15) is 0 Å². The molecule has 2 aromatic heterocycles. The van der Waals surface area contributed by atoms with Crippen LogP contribution in [0.3, 0.4) is 0 Å². The monoisotopic (exact) mass is 162 g/mol. The first kappa shape index (κ1) is 6.23. The fourth-order valence-electron chi connectivity index (χ4n) is 1.34. The van der Waals surface area contributed by atoms with Crippen LogP contribution in [0.25, 0.3) is 5.52 Å². The van der Waals surface area contributed by atoms with Gasteiger partial charge in [0, 0.05) is 11.7 Å². The summed E-state index contributed by atoms with van der Waals surface area (Å²) in [5, 5.41) is 4.17. The topological polar surface area (TPSA) is 17.3 Å². The van der Waals surface area contributed by atoms with Crippen LogP contribution in [0.1, 0.15) is 26.7 Å². The second kappa shape index (κ2) is 2.63.